The van der Waals surface area contributed by atoms with E-state index in [1.54, 1.807) is 12.1 Å². The van der Waals surface area contributed by atoms with Gasteiger partial charge in [-0.25, -0.2) is 4.39 Å². The highest BCUT2D eigenvalue weighted by Gasteiger charge is 2.14. The minimum Gasteiger partial charge on any atom is -0.382 e. The van der Waals surface area contributed by atoms with Crippen molar-refractivity contribution in [3.05, 3.63) is 34.1 Å². The molecular formula is C11H16BrFN2O. The number of ether oxygens (including phenoxy) is 1. The van der Waals surface area contributed by atoms with Crippen LogP contribution in [0.1, 0.15) is 24.9 Å². The third-order valence-electron chi connectivity index (χ3n) is 2.29. The lowest BCUT2D eigenvalue weighted by Gasteiger charge is -2.17. The van der Waals surface area contributed by atoms with E-state index in [0.29, 0.717) is 25.2 Å². The Kier molecular flexibility index (Phi) is 5.90. The van der Waals surface area contributed by atoms with Gasteiger partial charge in [-0.3, -0.25) is 11.3 Å². The van der Waals surface area contributed by atoms with E-state index in [9.17, 15) is 4.39 Å². The fourth-order valence-corrected chi connectivity index (χ4v) is 1.83. The van der Waals surface area contributed by atoms with Gasteiger partial charge in [-0.05, 0) is 31.5 Å². The molecule has 1 aromatic carbocycles. The zero-order valence-corrected chi connectivity index (χ0v) is 10.8. The maximum absolute atomic E-state index is 13.6. The highest BCUT2D eigenvalue weighted by Crippen LogP contribution is 2.23. The molecule has 0 saturated carbocycles. The van der Waals surface area contributed by atoms with E-state index in [0.717, 1.165) is 4.47 Å². The molecule has 0 aliphatic carbocycles. The molecule has 5 heteroatoms. The molecular weight excluding hydrogens is 275 g/mol. The van der Waals surface area contributed by atoms with Crippen molar-refractivity contribution in [2.24, 2.45) is 5.84 Å². The lowest BCUT2D eigenvalue weighted by molar-refractivity contribution is 0.136. The molecule has 0 saturated heterocycles. The smallest absolute Gasteiger partial charge is 0.128 e. The Morgan fingerprint density at radius 1 is 1.56 bits per heavy atom. The van der Waals surface area contributed by atoms with Crippen LogP contribution in [0.5, 0.6) is 0 Å². The van der Waals surface area contributed by atoms with E-state index in [2.05, 4.69) is 21.4 Å². The number of benzene rings is 1. The number of nitrogens with one attached hydrogen (secondary N) is 1. The molecule has 1 unspecified atom stereocenters. The van der Waals surface area contributed by atoms with Crippen LogP contribution in [0.4, 0.5) is 4.39 Å². The van der Waals surface area contributed by atoms with E-state index in [1.165, 1.54) is 6.07 Å². The summed E-state index contributed by atoms with van der Waals surface area (Å²) in [5, 5.41) is 0. The van der Waals surface area contributed by atoms with E-state index < -0.39 is 0 Å². The molecule has 90 valence electrons. The summed E-state index contributed by atoms with van der Waals surface area (Å²) < 4.78 is 19.6. The van der Waals surface area contributed by atoms with Crippen LogP contribution in [0.3, 0.4) is 0 Å². The van der Waals surface area contributed by atoms with Crippen LogP contribution in [0, 0.1) is 5.82 Å². The normalized spacial score (nSPS) is 12.8. The fourth-order valence-electron chi connectivity index (χ4n) is 1.46. The number of hydrazine groups is 1. The van der Waals surface area contributed by atoms with Gasteiger partial charge in [0, 0.05) is 23.2 Å². The van der Waals surface area contributed by atoms with Gasteiger partial charge < -0.3 is 4.74 Å². The SMILES string of the molecule is CCOCCC(NN)c1cc(Br)ccc1F. The van der Waals surface area contributed by atoms with Gasteiger partial charge in [0.1, 0.15) is 5.82 Å². The zero-order chi connectivity index (χ0) is 12.0. The molecule has 0 amide bonds. The van der Waals surface area contributed by atoms with Crippen molar-refractivity contribution >= 4 is 15.9 Å². The average Bonchev–Trinajstić information content (AvgIpc) is 2.28. The predicted octanol–water partition coefficient (Wildman–Crippen LogP) is 2.52. The van der Waals surface area contributed by atoms with E-state index in [-0.39, 0.29) is 11.9 Å². The summed E-state index contributed by atoms with van der Waals surface area (Å²) in [4.78, 5) is 0. The van der Waals surface area contributed by atoms with Crippen molar-refractivity contribution < 1.29 is 9.13 Å². The Morgan fingerprint density at radius 3 is 2.94 bits per heavy atom. The molecule has 3 nitrogen and oxygen atoms in total. The highest BCUT2D eigenvalue weighted by atomic mass is 79.9. The van der Waals surface area contributed by atoms with Crippen LogP contribution in [0.25, 0.3) is 0 Å². The van der Waals surface area contributed by atoms with E-state index in [4.69, 9.17) is 10.6 Å². The predicted molar refractivity (Wildman–Crippen MR) is 65.3 cm³/mol. The van der Waals surface area contributed by atoms with Gasteiger partial charge in [0.15, 0.2) is 0 Å². The Morgan fingerprint density at radius 2 is 2.31 bits per heavy atom. The second-order valence-corrected chi connectivity index (χ2v) is 4.29. The van der Waals surface area contributed by atoms with Gasteiger partial charge in [0.2, 0.25) is 0 Å². The summed E-state index contributed by atoms with van der Waals surface area (Å²) in [6.45, 7) is 3.13. The van der Waals surface area contributed by atoms with E-state index in [1.807, 2.05) is 6.92 Å². The molecule has 1 atom stereocenters. The van der Waals surface area contributed by atoms with Crippen molar-refractivity contribution in [1.82, 2.24) is 5.43 Å². The van der Waals surface area contributed by atoms with Crippen LogP contribution in [0.15, 0.2) is 22.7 Å². The van der Waals surface area contributed by atoms with Crippen molar-refractivity contribution in [2.45, 2.75) is 19.4 Å². The summed E-state index contributed by atoms with van der Waals surface area (Å²) in [6.07, 6.45) is 0.637. The lowest BCUT2D eigenvalue weighted by atomic mass is 10.0. The summed E-state index contributed by atoms with van der Waals surface area (Å²) in [6, 6.07) is 4.58. The third-order valence-corrected chi connectivity index (χ3v) is 2.78. The number of hydrogen-bond donors (Lipinski definition) is 2. The van der Waals surface area contributed by atoms with Crippen LogP contribution >= 0.6 is 15.9 Å². The number of rotatable bonds is 6. The topological polar surface area (TPSA) is 47.3 Å². The van der Waals surface area contributed by atoms with Crippen LogP contribution in [0.2, 0.25) is 0 Å². The Balaban J connectivity index is 2.73. The van der Waals surface area contributed by atoms with Crippen LogP contribution < -0.4 is 11.3 Å². The van der Waals surface area contributed by atoms with Crippen LogP contribution in [-0.4, -0.2) is 13.2 Å². The third kappa shape index (κ3) is 3.83. The number of nitrogens with two attached hydrogens (primary N) is 1. The summed E-state index contributed by atoms with van der Waals surface area (Å²) in [5.74, 6) is 5.16. The zero-order valence-electron chi connectivity index (χ0n) is 9.17. The Bertz CT molecular complexity index is 336. The minimum atomic E-state index is -0.261. The standard InChI is InChI=1S/C11H16BrFN2O/c1-2-16-6-5-11(15-14)9-7-8(12)3-4-10(9)13/h3-4,7,11,15H,2,5-6,14H2,1H3. The molecule has 0 aliphatic heterocycles. The molecule has 0 aliphatic rings. The summed E-state index contributed by atoms with van der Waals surface area (Å²) in [7, 11) is 0. The van der Waals surface area contributed by atoms with Crippen LogP contribution in [-0.2, 0) is 4.74 Å². The molecule has 1 aromatic rings. The quantitative estimate of drug-likeness (QED) is 0.481. The maximum atomic E-state index is 13.6. The molecule has 0 spiro atoms. The molecule has 0 aromatic heterocycles. The molecule has 0 radical (unpaired) electrons. The van der Waals surface area contributed by atoms with Gasteiger partial charge in [-0.1, -0.05) is 15.9 Å². The Labute approximate surface area is 103 Å². The Hall–Kier alpha value is -0.490. The number of halogens is 2. The van der Waals surface area contributed by atoms with Crippen molar-refractivity contribution in [1.29, 1.82) is 0 Å². The maximum Gasteiger partial charge on any atom is 0.128 e. The van der Waals surface area contributed by atoms with Gasteiger partial charge >= 0.3 is 0 Å². The van der Waals surface area contributed by atoms with E-state index >= 15 is 0 Å². The second-order valence-electron chi connectivity index (χ2n) is 3.37. The summed E-state index contributed by atoms with van der Waals surface area (Å²) in [5.41, 5.74) is 3.16. The van der Waals surface area contributed by atoms with Crippen molar-refractivity contribution in [3.8, 4) is 0 Å². The molecule has 16 heavy (non-hydrogen) atoms. The minimum absolute atomic E-state index is 0.232. The second kappa shape index (κ2) is 6.96. The first kappa shape index (κ1) is 13.6. The average molecular weight is 291 g/mol. The largest absolute Gasteiger partial charge is 0.382 e. The van der Waals surface area contributed by atoms with Gasteiger partial charge in [0.05, 0.1) is 6.04 Å². The first-order valence-corrected chi connectivity index (χ1v) is 5.97. The highest BCUT2D eigenvalue weighted by molar-refractivity contribution is 9.10. The molecule has 1 rings (SSSR count). The van der Waals surface area contributed by atoms with Crippen molar-refractivity contribution in [3.63, 3.8) is 0 Å². The molecule has 0 bridgehead atoms. The first-order valence-electron chi connectivity index (χ1n) is 5.17. The monoisotopic (exact) mass is 290 g/mol. The summed E-state index contributed by atoms with van der Waals surface area (Å²) >= 11 is 3.31. The fraction of sp³-hybridized carbons (Fsp3) is 0.455. The lowest BCUT2D eigenvalue weighted by Crippen LogP contribution is -2.29. The van der Waals surface area contributed by atoms with Gasteiger partial charge in [-0.15, -0.1) is 0 Å². The molecule has 0 fully saturated rings. The molecule has 0 heterocycles. The molecule has 3 N–H and O–H groups in total. The van der Waals surface area contributed by atoms with Gasteiger partial charge in [0.25, 0.3) is 0 Å². The first-order chi connectivity index (χ1) is 7.69. The van der Waals surface area contributed by atoms with Crippen molar-refractivity contribution in [2.75, 3.05) is 13.2 Å². The van der Waals surface area contributed by atoms with Gasteiger partial charge in [-0.2, -0.15) is 0 Å². The number of hydrogen-bond acceptors (Lipinski definition) is 3.